The van der Waals surface area contributed by atoms with E-state index in [1.54, 1.807) is 9.80 Å². The molecule has 0 spiro atoms. The molecule has 3 aliphatic heterocycles. The first-order chi connectivity index (χ1) is 9.06. The molecule has 3 aliphatic rings. The maximum absolute atomic E-state index is 12.2. The van der Waals surface area contributed by atoms with Gasteiger partial charge in [0.25, 0.3) is 0 Å². The highest BCUT2D eigenvalue weighted by molar-refractivity contribution is 5.81. The molecule has 0 aromatic rings. The van der Waals surface area contributed by atoms with Crippen LogP contribution in [0.2, 0.25) is 0 Å². The van der Waals surface area contributed by atoms with Gasteiger partial charge in [0.05, 0.1) is 5.92 Å². The molecule has 7 nitrogen and oxygen atoms in total. The minimum absolute atomic E-state index is 0.0866. The molecule has 3 heterocycles. The van der Waals surface area contributed by atoms with Gasteiger partial charge in [-0.3, -0.25) is 9.59 Å². The molecule has 0 aromatic carbocycles. The van der Waals surface area contributed by atoms with Gasteiger partial charge in [-0.15, -0.1) is 0 Å². The summed E-state index contributed by atoms with van der Waals surface area (Å²) in [7, 11) is 0. The SMILES string of the molecule is O=C(O)C1CN(C(=O)N2CCN3C(=O)CCC3C2)C1. The normalized spacial score (nSPS) is 27.3. The molecule has 3 saturated heterocycles. The quantitative estimate of drug-likeness (QED) is 0.690. The van der Waals surface area contributed by atoms with Crippen LogP contribution in [0.5, 0.6) is 0 Å². The van der Waals surface area contributed by atoms with Gasteiger partial charge in [-0.1, -0.05) is 0 Å². The Hall–Kier alpha value is -1.79. The summed E-state index contributed by atoms with van der Waals surface area (Å²) in [6.07, 6.45) is 1.40. The summed E-state index contributed by atoms with van der Waals surface area (Å²) in [5.41, 5.74) is 0. The molecule has 3 fully saturated rings. The van der Waals surface area contributed by atoms with Crippen LogP contribution in [0.4, 0.5) is 4.79 Å². The number of carboxylic acid groups (broad SMARTS) is 1. The number of carbonyl (C=O) groups excluding carboxylic acids is 2. The number of hydrogen-bond donors (Lipinski definition) is 1. The van der Waals surface area contributed by atoms with Crippen molar-refractivity contribution in [2.75, 3.05) is 32.7 Å². The van der Waals surface area contributed by atoms with Gasteiger partial charge in [0.2, 0.25) is 5.91 Å². The Morgan fingerprint density at radius 1 is 1.11 bits per heavy atom. The molecule has 3 amide bonds. The van der Waals surface area contributed by atoms with Crippen LogP contribution in [-0.2, 0) is 9.59 Å². The number of fused-ring (bicyclic) bond motifs is 1. The largest absolute Gasteiger partial charge is 0.481 e. The second-order valence-corrected chi connectivity index (χ2v) is 5.45. The first-order valence-electron chi connectivity index (χ1n) is 6.62. The number of rotatable bonds is 1. The summed E-state index contributed by atoms with van der Waals surface area (Å²) in [4.78, 5) is 39.6. The molecule has 19 heavy (non-hydrogen) atoms. The van der Waals surface area contributed by atoms with Crippen molar-refractivity contribution in [2.24, 2.45) is 5.92 Å². The van der Waals surface area contributed by atoms with E-state index in [1.165, 1.54) is 0 Å². The standard InChI is InChI=1S/C12H17N3O4/c16-10-2-1-9-7-13(3-4-15(9)10)12(19)14-5-8(6-14)11(17)18/h8-9H,1-7H2,(H,17,18). The van der Waals surface area contributed by atoms with E-state index in [0.717, 1.165) is 6.42 Å². The molecule has 7 heteroatoms. The molecule has 1 unspecified atom stereocenters. The summed E-state index contributed by atoms with van der Waals surface area (Å²) < 4.78 is 0. The lowest BCUT2D eigenvalue weighted by Crippen LogP contribution is -2.61. The Kier molecular flexibility index (Phi) is 2.83. The number of urea groups is 1. The van der Waals surface area contributed by atoms with Gasteiger partial charge in [-0.05, 0) is 6.42 Å². The van der Waals surface area contributed by atoms with Crippen molar-refractivity contribution < 1.29 is 19.5 Å². The van der Waals surface area contributed by atoms with E-state index < -0.39 is 11.9 Å². The van der Waals surface area contributed by atoms with Crippen LogP contribution < -0.4 is 0 Å². The van der Waals surface area contributed by atoms with Gasteiger partial charge >= 0.3 is 12.0 Å². The predicted octanol–water partition coefficient (Wildman–Crippen LogP) is -0.571. The van der Waals surface area contributed by atoms with Crippen LogP contribution in [0.25, 0.3) is 0 Å². The average molecular weight is 267 g/mol. The van der Waals surface area contributed by atoms with Crippen molar-refractivity contribution in [2.45, 2.75) is 18.9 Å². The van der Waals surface area contributed by atoms with Gasteiger partial charge in [0, 0.05) is 45.2 Å². The zero-order valence-electron chi connectivity index (χ0n) is 10.6. The lowest BCUT2D eigenvalue weighted by molar-refractivity contribution is -0.146. The van der Waals surface area contributed by atoms with E-state index in [9.17, 15) is 14.4 Å². The Labute approximate surface area is 110 Å². The van der Waals surface area contributed by atoms with Crippen molar-refractivity contribution in [3.05, 3.63) is 0 Å². The van der Waals surface area contributed by atoms with Crippen LogP contribution in [0.15, 0.2) is 0 Å². The van der Waals surface area contributed by atoms with E-state index in [2.05, 4.69) is 0 Å². The van der Waals surface area contributed by atoms with Crippen LogP contribution >= 0.6 is 0 Å². The molecule has 0 radical (unpaired) electrons. The van der Waals surface area contributed by atoms with E-state index in [1.807, 2.05) is 4.90 Å². The molecule has 1 atom stereocenters. The second-order valence-electron chi connectivity index (χ2n) is 5.45. The number of piperazine rings is 1. The lowest BCUT2D eigenvalue weighted by Gasteiger charge is -2.43. The second kappa shape index (κ2) is 4.40. The number of likely N-dealkylation sites (tertiary alicyclic amines) is 1. The number of nitrogens with zero attached hydrogens (tertiary/aromatic N) is 3. The number of amides is 3. The topological polar surface area (TPSA) is 81.2 Å². The van der Waals surface area contributed by atoms with Crippen molar-refractivity contribution in [3.8, 4) is 0 Å². The summed E-state index contributed by atoms with van der Waals surface area (Å²) >= 11 is 0. The van der Waals surface area contributed by atoms with E-state index >= 15 is 0 Å². The van der Waals surface area contributed by atoms with Gasteiger partial charge in [0.1, 0.15) is 0 Å². The van der Waals surface area contributed by atoms with Gasteiger partial charge in [-0.2, -0.15) is 0 Å². The Bertz CT molecular complexity index is 433. The van der Waals surface area contributed by atoms with E-state index in [4.69, 9.17) is 5.11 Å². The van der Waals surface area contributed by atoms with Crippen LogP contribution in [0, 0.1) is 5.92 Å². The zero-order chi connectivity index (χ0) is 13.6. The molecule has 104 valence electrons. The van der Waals surface area contributed by atoms with Gasteiger partial charge in [-0.25, -0.2) is 4.79 Å². The fraction of sp³-hybridized carbons (Fsp3) is 0.750. The van der Waals surface area contributed by atoms with Crippen LogP contribution in [0.1, 0.15) is 12.8 Å². The van der Waals surface area contributed by atoms with E-state index in [-0.39, 0.29) is 18.0 Å². The van der Waals surface area contributed by atoms with E-state index in [0.29, 0.717) is 39.1 Å². The van der Waals surface area contributed by atoms with Gasteiger partial charge < -0.3 is 19.8 Å². The minimum atomic E-state index is -0.838. The lowest BCUT2D eigenvalue weighted by atomic mass is 10.0. The first kappa shape index (κ1) is 12.3. The molecular formula is C12H17N3O4. The third-order valence-corrected chi connectivity index (χ3v) is 4.27. The molecule has 3 rings (SSSR count). The first-order valence-corrected chi connectivity index (χ1v) is 6.62. The zero-order valence-corrected chi connectivity index (χ0v) is 10.6. The molecule has 0 saturated carbocycles. The smallest absolute Gasteiger partial charge is 0.320 e. The van der Waals surface area contributed by atoms with Crippen molar-refractivity contribution in [1.82, 2.24) is 14.7 Å². The van der Waals surface area contributed by atoms with Crippen LogP contribution in [-0.4, -0.2) is 76.5 Å². The van der Waals surface area contributed by atoms with Gasteiger partial charge in [0.15, 0.2) is 0 Å². The maximum Gasteiger partial charge on any atom is 0.320 e. The third-order valence-electron chi connectivity index (χ3n) is 4.27. The number of carbonyl (C=O) groups is 3. The minimum Gasteiger partial charge on any atom is -0.481 e. The molecule has 0 bridgehead atoms. The Balaban J connectivity index is 1.55. The Morgan fingerprint density at radius 3 is 2.53 bits per heavy atom. The molecule has 0 aromatic heterocycles. The number of carboxylic acids is 1. The van der Waals surface area contributed by atoms with Crippen LogP contribution in [0.3, 0.4) is 0 Å². The molecule has 1 N–H and O–H groups in total. The molecular weight excluding hydrogens is 250 g/mol. The van der Waals surface area contributed by atoms with Crippen molar-refractivity contribution >= 4 is 17.9 Å². The fourth-order valence-electron chi connectivity index (χ4n) is 3.03. The maximum atomic E-state index is 12.2. The Morgan fingerprint density at radius 2 is 1.84 bits per heavy atom. The summed E-state index contributed by atoms with van der Waals surface area (Å²) in [5.74, 6) is -1.07. The van der Waals surface area contributed by atoms with Crippen molar-refractivity contribution in [1.29, 1.82) is 0 Å². The molecule has 0 aliphatic carbocycles. The predicted molar refractivity (Wildman–Crippen MR) is 64.4 cm³/mol. The third kappa shape index (κ3) is 2.02. The summed E-state index contributed by atoms with van der Waals surface area (Å²) in [5, 5.41) is 8.80. The monoisotopic (exact) mass is 267 g/mol. The number of hydrogen-bond acceptors (Lipinski definition) is 3. The average Bonchev–Trinajstić information content (AvgIpc) is 2.68. The summed E-state index contributed by atoms with van der Waals surface area (Å²) in [6.45, 7) is 2.34. The fourth-order valence-corrected chi connectivity index (χ4v) is 3.03. The summed E-state index contributed by atoms with van der Waals surface area (Å²) in [6, 6.07) is 0.0678. The highest BCUT2D eigenvalue weighted by Gasteiger charge is 2.41. The number of aliphatic carboxylic acids is 1. The van der Waals surface area contributed by atoms with Crippen molar-refractivity contribution in [3.63, 3.8) is 0 Å². The highest BCUT2D eigenvalue weighted by Crippen LogP contribution is 2.25. The highest BCUT2D eigenvalue weighted by atomic mass is 16.4.